The van der Waals surface area contributed by atoms with Gasteiger partial charge in [0.05, 0.1) is 32.2 Å². The first-order valence-corrected chi connectivity index (χ1v) is 11.9. The maximum atomic E-state index is 12.8. The van der Waals surface area contributed by atoms with Gasteiger partial charge in [0.1, 0.15) is 18.0 Å². The summed E-state index contributed by atoms with van der Waals surface area (Å²) in [6, 6.07) is 10.2. The molecule has 0 aliphatic heterocycles. The molecule has 1 unspecified atom stereocenters. The molecule has 0 fully saturated rings. The normalized spacial score (nSPS) is 12.4. The number of carbonyl (C=O) groups excluding carboxylic acids is 1. The van der Waals surface area contributed by atoms with Gasteiger partial charge in [-0.1, -0.05) is 13.8 Å². The Morgan fingerprint density at radius 3 is 2.13 bits per heavy atom. The van der Waals surface area contributed by atoms with E-state index in [0.29, 0.717) is 11.4 Å². The molecule has 0 heterocycles. The Hall–Kier alpha value is -2.74. The highest BCUT2D eigenvalue weighted by molar-refractivity contribution is 7.92. The summed E-state index contributed by atoms with van der Waals surface area (Å²) in [4.78, 5) is 12.8. The second kappa shape index (κ2) is 10.0. The van der Waals surface area contributed by atoms with Crippen molar-refractivity contribution in [3.05, 3.63) is 53.1 Å². The van der Waals surface area contributed by atoms with Gasteiger partial charge in [-0.25, -0.2) is 8.42 Å². The van der Waals surface area contributed by atoms with E-state index in [1.54, 1.807) is 31.4 Å². The smallest absolute Gasteiger partial charge is 0.241 e. The van der Waals surface area contributed by atoms with Crippen LogP contribution in [0.2, 0.25) is 0 Å². The number of aryl methyl sites for hydroxylation is 1. The van der Waals surface area contributed by atoms with E-state index in [1.165, 1.54) is 7.11 Å². The van der Waals surface area contributed by atoms with Crippen molar-refractivity contribution in [2.45, 2.75) is 39.7 Å². The third-order valence-corrected chi connectivity index (χ3v) is 6.27. The monoisotopic (exact) mass is 448 g/mol. The third-order valence-electron chi connectivity index (χ3n) is 5.13. The predicted molar refractivity (Wildman–Crippen MR) is 124 cm³/mol. The molecule has 0 aliphatic rings. The number of nitrogens with zero attached hydrogens (tertiary/aromatic N) is 1. The van der Waals surface area contributed by atoms with Gasteiger partial charge < -0.3 is 14.8 Å². The number of hydrogen-bond acceptors (Lipinski definition) is 5. The Labute approximate surface area is 185 Å². The van der Waals surface area contributed by atoms with Crippen molar-refractivity contribution in [1.82, 2.24) is 5.32 Å². The van der Waals surface area contributed by atoms with Crippen molar-refractivity contribution in [3.63, 3.8) is 0 Å². The van der Waals surface area contributed by atoms with Crippen LogP contribution in [0.25, 0.3) is 0 Å². The number of nitrogens with one attached hydrogen (secondary N) is 1. The molecule has 0 aliphatic carbocycles. The van der Waals surface area contributed by atoms with E-state index in [1.807, 2.05) is 26.0 Å². The molecule has 31 heavy (non-hydrogen) atoms. The topological polar surface area (TPSA) is 84.9 Å². The largest absolute Gasteiger partial charge is 0.497 e. The zero-order valence-electron chi connectivity index (χ0n) is 19.2. The number of anilines is 1. The van der Waals surface area contributed by atoms with E-state index >= 15 is 0 Å². The molecule has 1 atom stereocenters. The number of hydrogen-bond donors (Lipinski definition) is 1. The SMILES string of the molecule is COc1ccc(N(CC(=O)NC(C)c2cc(C(C)C)c(OC)cc2C)S(C)(=O)=O)cc1. The molecule has 2 aromatic carbocycles. The van der Waals surface area contributed by atoms with Crippen LogP contribution in [-0.2, 0) is 14.8 Å². The van der Waals surface area contributed by atoms with Crippen LogP contribution in [0.4, 0.5) is 5.69 Å². The van der Waals surface area contributed by atoms with E-state index in [0.717, 1.165) is 33.0 Å². The molecule has 0 saturated heterocycles. The highest BCUT2D eigenvalue weighted by Crippen LogP contribution is 2.32. The molecule has 0 radical (unpaired) electrons. The minimum absolute atomic E-state index is 0.257. The van der Waals surface area contributed by atoms with Crippen molar-refractivity contribution in [2.75, 3.05) is 31.3 Å². The minimum atomic E-state index is -3.65. The Morgan fingerprint density at radius 2 is 1.65 bits per heavy atom. The third kappa shape index (κ3) is 6.13. The van der Waals surface area contributed by atoms with Crippen LogP contribution in [0.5, 0.6) is 11.5 Å². The van der Waals surface area contributed by atoms with Crippen LogP contribution in [-0.4, -0.2) is 41.3 Å². The quantitative estimate of drug-likeness (QED) is 0.631. The minimum Gasteiger partial charge on any atom is -0.497 e. The number of methoxy groups -OCH3 is 2. The van der Waals surface area contributed by atoms with Crippen molar-refractivity contribution < 1.29 is 22.7 Å². The fourth-order valence-electron chi connectivity index (χ4n) is 3.45. The molecular formula is C23H32N2O5S. The molecule has 0 spiro atoms. The summed E-state index contributed by atoms with van der Waals surface area (Å²) in [5.41, 5.74) is 3.41. The molecular weight excluding hydrogens is 416 g/mol. The van der Waals surface area contributed by atoms with Crippen molar-refractivity contribution >= 4 is 21.6 Å². The Balaban J connectivity index is 2.23. The Bertz CT molecular complexity index is 1020. The van der Waals surface area contributed by atoms with Crippen LogP contribution in [0, 0.1) is 6.92 Å². The second-order valence-corrected chi connectivity index (χ2v) is 9.77. The van der Waals surface area contributed by atoms with Gasteiger partial charge in [-0.2, -0.15) is 0 Å². The maximum Gasteiger partial charge on any atom is 0.241 e. The van der Waals surface area contributed by atoms with E-state index in [9.17, 15) is 13.2 Å². The first-order chi connectivity index (χ1) is 14.5. The average Bonchev–Trinajstić information content (AvgIpc) is 2.70. The van der Waals surface area contributed by atoms with Gasteiger partial charge in [-0.3, -0.25) is 9.10 Å². The van der Waals surface area contributed by atoms with Crippen molar-refractivity contribution in [2.24, 2.45) is 0 Å². The van der Waals surface area contributed by atoms with E-state index in [-0.39, 0.29) is 18.5 Å². The predicted octanol–water partition coefficient (Wildman–Crippen LogP) is 3.78. The summed E-state index contributed by atoms with van der Waals surface area (Å²) in [5.74, 6) is 1.28. The number of sulfonamides is 1. The van der Waals surface area contributed by atoms with Gasteiger partial charge in [0, 0.05) is 0 Å². The number of ether oxygens (including phenoxy) is 2. The molecule has 0 bridgehead atoms. The highest BCUT2D eigenvalue weighted by atomic mass is 32.2. The lowest BCUT2D eigenvalue weighted by atomic mass is 9.93. The molecule has 8 heteroatoms. The van der Waals surface area contributed by atoms with Crippen LogP contribution in [0.15, 0.2) is 36.4 Å². The number of benzene rings is 2. The summed E-state index contributed by atoms with van der Waals surface area (Å²) in [7, 11) is -0.478. The lowest BCUT2D eigenvalue weighted by molar-refractivity contribution is -0.120. The molecule has 170 valence electrons. The molecule has 0 aromatic heterocycles. The van der Waals surface area contributed by atoms with Crippen LogP contribution in [0.1, 0.15) is 49.4 Å². The van der Waals surface area contributed by atoms with Gasteiger partial charge >= 0.3 is 0 Å². The lowest BCUT2D eigenvalue weighted by Crippen LogP contribution is -2.41. The Morgan fingerprint density at radius 1 is 1.03 bits per heavy atom. The summed E-state index contributed by atoms with van der Waals surface area (Å²) in [5, 5.41) is 2.92. The summed E-state index contributed by atoms with van der Waals surface area (Å²) in [6.07, 6.45) is 1.08. The zero-order valence-corrected chi connectivity index (χ0v) is 20.0. The molecule has 1 amide bonds. The van der Waals surface area contributed by atoms with Gasteiger partial charge in [0.2, 0.25) is 15.9 Å². The zero-order chi connectivity index (χ0) is 23.3. The van der Waals surface area contributed by atoms with Crippen molar-refractivity contribution in [3.8, 4) is 11.5 Å². The van der Waals surface area contributed by atoms with E-state index < -0.39 is 15.9 Å². The van der Waals surface area contributed by atoms with Gasteiger partial charge in [0.25, 0.3) is 0 Å². The molecule has 1 N–H and O–H groups in total. The summed E-state index contributed by atoms with van der Waals surface area (Å²) in [6.45, 7) is 7.69. The fraction of sp³-hybridized carbons (Fsp3) is 0.435. The molecule has 2 rings (SSSR count). The number of carbonyl (C=O) groups is 1. The van der Waals surface area contributed by atoms with Crippen molar-refractivity contribution in [1.29, 1.82) is 0 Å². The van der Waals surface area contributed by atoms with Gasteiger partial charge in [-0.05, 0) is 72.9 Å². The van der Waals surface area contributed by atoms with Gasteiger partial charge in [-0.15, -0.1) is 0 Å². The number of rotatable bonds is 9. The maximum absolute atomic E-state index is 12.8. The molecule has 0 saturated carbocycles. The van der Waals surface area contributed by atoms with Crippen LogP contribution >= 0.6 is 0 Å². The van der Waals surface area contributed by atoms with E-state index in [2.05, 4.69) is 19.2 Å². The highest BCUT2D eigenvalue weighted by Gasteiger charge is 2.23. The first-order valence-electron chi connectivity index (χ1n) is 10.1. The van der Waals surface area contributed by atoms with Crippen LogP contribution in [0.3, 0.4) is 0 Å². The number of amides is 1. The molecule has 2 aromatic rings. The van der Waals surface area contributed by atoms with Gasteiger partial charge in [0.15, 0.2) is 0 Å². The summed E-state index contributed by atoms with van der Waals surface area (Å²) < 4.78 is 36.3. The van der Waals surface area contributed by atoms with E-state index in [4.69, 9.17) is 9.47 Å². The Kier molecular flexibility index (Phi) is 7.95. The average molecular weight is 449 g/mol. The summed E-state index contributed by atoms with van der Waals surface area (Å²) >= 11 is 0. The second-order valence-electron chi connectivity index (χ2n) is 7.86. The van der Waals surface area contributed by atoms with Crippen LogP contribution < -0.4 is 19.1 Å². The lowest BCUT2D eigenvalue weighted by Gasteiger charge is -2.24. The molecule has 7 nitrogen and oxygen atoms in total. The first kappa shape index (κ1) is 24.5. The fourth-order valence-corrected chi connectivity index (χ4v) is 4.31. The standard InChI is InChI=1S/C23H32N2O5S/c1-15(2)20-13-21(16(3)12-22(20)30-6)17(4)24-23(26)14-25(31(7,27)28)18-8-10-19(29-5)11-9-18/h8-13,15,17H,14H2,1-7H3,(H,24,26).